The molecule has 146 valence electrons. The molecule has 1 amide bonds. The molecule has 0 spiro atoms. The normalized spacial score (nSPS) is 14.0. The van der Waals surface area contributed by atoms with Crippen LogP contribution < -0.4 is 0 Å². The fourth-order valence-corrected chi connectivity index (χ4v) is 3.73. The highest BCUT2D eigenvalue weighted by atomic mass is 32.1. The predicted molar refractivity (Wildman–Crippen MR) is 97.5 cm³/mol. The first-order valence-corrected chi connectivity index (χ1v) is 9.59. The van der Waals surface area contributed by atoms with Gasteiger partial charge in [-0.2, -0.15) is 0 Å². The fourth-order valence-electron chi connectivity index (χ4n) is 2.61. The molecule has 3 rings (SSSR count). The molecule has 2 aromatic rings. The number of rotatable bonds is 4. The van der Waals surface area contributed by atoms with Crippen LogP contribution in [0.1, 0.15) is 53.8 Å². The Morgan fingerprint density at radius 3 is 2.81 bits per heavy atom. The van der Waals surface area contributed by atoms with Crippen LogP contribution in [0.15, 0.2) is 6.20 Å². The molecule has 1 aliphatic heterocycles. The highest BCUT2D eigenvalue weighted by Crippen LogP contribution is 2.26. The molecule has 0 fully saturated rings. The molecule has 0 bridgehead atoms. The van der Waals surface area contributed by atoms with Gasteiger partial charge in [-0.3, -0.25) is 0 Å². The third-order valence-electron chi connectivity index (χ3n) is 3.75. The van der Waals surface area contributed by atoms with Gasteiger partial charge in [-0.1, -0.05) is 5.21 Å². The Bertz CT molecular complexity index is 839. The second-order valence-corrected chi connectivity index (χ2v) is 8.32. The van der Waals surface area contributed by atoms with E-state index in [1.165, 1.54) is 11.3 Å². The lowest BCUT2D eigenvalue weighted by atomic mass is 10.2. The van der Waals surface area contributed by atoms with Crippen LogP contribution in [-0.2, 0) is 29.0 Å². The van der Waals surface area contributed by atoms with Crippen LogP contribution in [0.2, 0.25) is 0 Å². The minimum absolute atomic E-state index is 0.175. The molecular formula is C17H23N5O4S. The maximum atomic E-state index is 12.3. The molecule has 10 heteroatoms. The molecule has 0 radical (unpaired) electrons. The van der Waals surface area contributed by atoms with Crippen molar-refractivity contribution in [2.45, 2.75) is 52.8 Å². The Morgan fingerprint density at radius 2 is 2.11 bits per heavy atom. The molecule has 0 unspecified atom stereocenters. The Balaban J connectivity index is 1.65. The molecule has 1 aliphatic rings. The molecule has 3 heterocycles. The van der Waals surface area contributed by atoms with E-state index in [0.717, 1.165) is 15.6 Å². The first-order valence-electron chi connectivity index (χ1n) is 8.78. The van der Waals surface area contributed by atoms with Crippen LogP contribution in [0.25, 0.3) is 0 Å². The largest absolute Gasteiger partial charge is 0.461 e. The average molecular weight is 393 g/mol. The monoisotopic (exact) mass is 393 g/mol. The minimum Gasteiger partial charge on any atom is -0.461 e. The zero-order chi connectivity index (χ0) is 19.6. The number of carbonyl (C=O) groups excluding carboxylic acids is 2. The van der Waals surface area contributed by atoms with Gasteiger partial charge >= 0.3 is 12.1 Å². The van der Waals surface area contributed by atoms with Crippen molar-refractivity contribution in [3.63, 3.8) is 0 Å². The molecule has 0 saturated carbocycles. The number of amides is 1. The van der Waals surface area contributed by atoms with Gasteiger partial charge in [0.1, 0.15) is 10.6 Å². The van der Waals surface area contributed by atoms with Crippen LogP contribution in [0, 0.1) is 0 Å². The number of hydrogen-bond donors (Lipinski definition) is 0. The topological polar surface area (TPSA) is 99.4 Å². The molecule has 0 aromatic carbocycles. The lowest BCUT2D eigenvalue weighted by molar-refractivity contribution is 0.0225. The van der Waals surface area contributed by atoms with Crippen molar-refractivity contribution in [3.8, 4) is 0 Å². The first-order chi connectivity index (χ1) is 12.7. The Labute approximate surface area is 161 Å². The number of ether oxygens (including phenoxy) is 2. The van der Waals surface area contributed by atoms with E-state index >= 15 is 0 Å². The van der Waals surface area contributed by atoms with E-state index in [-0.39, 0.29) is 11.8 Å². The number of fused-ring (bicyclic) bond motifs is 1. The van der Waals surface area contributed by atoms with E-state index in [1.807, 2.05) is 20.8 Å². The summed E-state index contributed by atoms with van der Waals surface area (Å²) in [7, 11) is 0. The molecule has 2 aromatic heterocycles. The van der Waals surface area contributed by atoms with Crippen LogP contribution in [0.5, 0.6) is 0 Å². The quantitative estimate of drug-likeness (QED) is 0.735. The van der Waals surface area contributed by atoms with Gasteiger partial charge < -0.3 is 14.4 Å². The number of hydrogen-bond acceptors (Lipinski definition) is 8. The zero-order valence-corrected chi connectivity index (χ0v) is 16.7. The van der Waals surface area contributed by atoms with Gasteiger partial charge in [0.2, 0.25) is 0 Å². The van der Waals surface area contributed by atoms with Gasteiger partial charge in [0.25, 0.3) is 0 Å². The molecule has 0 aliphatic carbocycles. The van der Waals surface area contributed by atoms with E-state index in [9.17, 15) is 9.59 Å². The summed E-state index contributed by atoms with van der Waals surface area (Å²) in [6.07, 6.45) is 1.93. The highest BCUT2D eigenvalue weighted by Gasteiger charge is 2.28. The number of carbonyl (C=O) groups is 2. The van der Waals surface area contributed by atoms with Gasteiger partial charge in [0.15, 0.2) is 5.69 Å². The number of nitrogens with zero attached hydrogens (tertiary/aromatic N) is 5. The summed E-state index contributed by atoms with van der Waals surface area (Å²) in [5, 5.41) is 8.63. The summed E-state index contributed by atoms with van der Waals surface area (Å²) in [6.45, 7) is 9.09. The fraction of sp³-hybridized carbons (Fsp3) is 0.588. The molecule has 0 atom stereocenters. The lowest BCUT2D eigenvalue weighted by Crippen LogP contribution is -2.39. The molecule has 0 N–H and O–H groups in total. The van der Waals surface area contributed by atoms with E-state index in [1.54, 1.807) is 22.7 Å². The maximum absolute atomic E-state index is 12.3. The Kier molecular flexibility index (Phi) is 5.45. The van der Waals surface area contributed by atoms with Crippen molar-refractivity contribution in [2.75, 3.05) is 13.2 Å². The van der Waals surface area contributed by atoms with E-state index in [2.05, 4.69) is 15.3 Å². The van der Waals surface area contributed by atoms with Gasteiger partial charge in [-0.15, -0.1) is 16.4 Å². The van der Waals surface area contributed by atoms with Crippen molar-refractivity contribution >= 4 is 23.4 Å². The lowest BCUT2D eigenvalue weighted by Gasteiger charge is -2.29. The smallest absolute Gasteiger partial charge is 0.410 e. The van der Waals surface area contributed by atoms with E-state index in [4.69, 9.17) is 9.47 Å². The average Bonchev–Trinajstić information content (AvgIpc) is 3.19. The highest BCUT2D eigenvalue weighted by molar-refractivity contribution is 7.11. The minimum atomic E-state index is -0.514. The number of esters is 1. The van der Waals surface area contributed by atoms with Crippen molar-refractivity contribution in [2.24, 2.45) is 0 Å². The van der Waals surface area contributed by atoms with Crippen LogP contribution in [-0.4, -0.2) is 55.7 Å². The second-order valence-electron chi connectivity index (χ2n) is 7.15. The van der Waals surface area contributed by atoms with E-state index in [0.29, 0.717) is 32.7 Å². The summed E-state index contributed by atoms with van der Waals surface area (Å²) < 4.78 is 11.9. The molecular weight excluding hydrogens is 370 g/mol. The molecule has 27 heavy (non-hydrogen) atoms. The van der Waals surface area contributed by atoms with Gasteiger partial charge in [0, 0.05) is 17.8 Å². The third-order valence-corrected chi connectivity index (χ3v) is 4.81. The van der Waals surface area contributed by atoms with E-state index < -0.39 is 11.6 Å². The van der Waals surface area contributed by atoms with Crippen LogP contribution in [0.4, 0.5) is 4.79 Å². The van der Waals surface area contributed by atoms with Gasteiger partial charge in [-0.25, -0.2) is 19.3 Å². The summed E-state index contributed by atoms with van der Waals surface area (Å²) in [6, 6.07) is 0. The summed E-state index contributed by atoms with van der Waals surface area (Å²) in [5.74, 6) is -0.491. The first kappa shape index (κ1) is 19.3. The van der Waals surface area contributed by atoms with Crippen molar-refractivity contribution in [1.82, 2.24) is 24.9 Å². The molecule has 0 saturated heterocycles. The summed E-state index contributed by atoms with van der Waals surface area (Å²) in [4.78, 5) is 31.3. The zero-order valence-electron chi connectivity index (χ0n) is 15.9. The SMILES string of the molecule is CCOC(=O)c1cn(Cc2nc3c(s2)CN(C(=O)OC(C)(C)C)CC3)nn1. The van der Waals surface area contributed by atoms with Crippen molar-refractivity contribution in [3.05, 3.63) is 27.5 Å². The number of thiazole rings is 1. The van der Waals surface area contributed by atoms with Crippen molar-refractivity contribution in [1.29, 1.82) is 0 Å². The second kappa shape index (κ2) is 7.63. The van der Waals surface area contributed by atoms with Gasteiger partial charge in [0.05, 0.1) is 31.6 Å². The summed E-state index contributed by atoms with van der Waals surface area (Å²) in [5.41, 5.74) is 0.662. The predicted octanol–water partition coefficient (Wildman–Crippen LogP) is 2.25. The van der Waals surface area contributed by atoms with Crippen LogP contribution >= 0.6 is 11.3 Å². The van der Waals surface area contributed by atoms with Gasteiger partial charge in [-0.05, 0) is 27.7 Å². The third kappa shape index (κ3) is 4.82. The van der Waals surface area contributed by atoms with Crippen LogP contribution in [0.3, 0.4) is 0 Å². The Morgan fingerprint density at radius 1 is 1.33 bits per heavy atom. The maximum Gasteiger partial charge on any atom is 0.410 e. The Hall–Kier alpha value is -2.49. The molecule has 9 nitrogen and oxygen atoms in total. The standard InChI is InChI=1S/C17H23N5O4S/c1-5-25-15(23)12-8-22(20-19-12)10-14-18-11-6-7-21(9-13(11)27-14)16(24)26-17(2,3)4/h8H,5-7,9-10H2,1-4H3. The summed E-state index contributed by atoms with van der Waals surface area (Å²) >= 11 is 1.53. The number of aromatic nitrogens is 4. The van der Waals surface area contributed by atoms with Crippen molar-refractivity contribution < 1.29 is 19.1 Å².